The van der Waals surface area contributed by atoms with Gasteiger partial charge >= 0.3 is 0 Å². The van der Waals surface area contributed by atoms with E-state index in [1.807, 2.05) is 29.2 Å². The van der Waals surface area contributed by atoms with E-state index in [-0.39, 0.29) is 12.5 Å². The van der Waals surface area contributed by atoms with Crippen LogP contribution in [0.25, 0.3) is 10.2 Å². The van der Waals surface area contributed by atoms with E-state index in [0.717, 1.165) is 30.2 Å². The molecule has 0 atom stereocenters. The molecule has 4 rings (SSSR count). The average molecular weight is 402 g/mol. The first-order chi connectivity index (χ1) is 13.2. The van der Waals surface area contributed by atoms with Crippen molar-refractivity contribution in [1.29, 1.82) is 0 Å². The Balaban J connectivity index is 1.26. The summed E-state index contributed by atoms with van der Waals surface area (Å²) in [6.45, 7) is 3.99. The monoisotopic (exact) mass is 401 g/mol. The van der Waals surface area contributed by atoms with Gasteiger partial charge < -0.3 is 9.64 Å². The summed E-state index contributed by atoms with van der Waals surface area (Å²) in [6.07, 6.45) is 0. The number of nitrogens with zero attached hydrogens (tertiary/aromatic N) is 3. The molecule has 0 N–H and O–H groups in total. The molecule has 7 heteroatoms. The van der Waals surface area contributed by atoms with Gasteiger partial charge in [0.2, 0.25) is 0 Å². The number of piperazine rings is 1. The molecule has 1 aromatic heterocycles. The molecule has 3 aromatic rings. The summed E-state index contributed by atoms with van der Waals surface area (Å²) < 4.78 is 6.78. The molecule has 1 aliphatic heterocycles. The number of amides is 1. The van der Waals surface area contributed by atoms with Crippen LogP contribution in [0.5, 0.6) is 5.75 Å². The van der Waals surface area contributed by atoms with E-state index in [1.54, 1.807) is 29.5 Å². The van der Waals surface area contributed by atoms with Gasteiger partial charge in [-0.1, -0.05) is 29.8 Å². The minimum atomic E-state index is 0.00890. The number of para-hydroxylation sites is 1. The second-order valence-electron chi connectivity index (χ2n) is 6.48. The lowest BCUT2D eigenvalue weighted by molar-refractivity contribution is -0.135. The van der Waals surface area contributed by atoms with Crippen LogP contribution in [0.15, 0.2) is 48.5 Å². The number of ether oxygens (including phenoxy) is 1. The van der Waals surface area contributed by atoms with Crippen LogP contribution in [0, 0.1) is 0 Å². The number of halogens is 1. The average Bonchev–Trinajstić information content (AvgIpc) is 3.09. The topological polar surface area (TPSA) is 45.7 Å². The lowest BCUT2D eigenvalue weighted by Gasteiger charge is -2.34. The third-order valence-electron chi connectivity index (χ3n) is 4.58. The Morgan fingerprint density at radius 1 is 1.11 bits per heavy atom. The molecule has 1 aliphatic rings. The number of fused-ring (bicyclic) bond motifs is 1. The molecule has 2 aromatic carbocycles. The van der Waals surface area contributed by atoms with Crippen molar-refractivity contribution in [3.05, 3.63) is 58.6 Å². The number of benzene rings is 2. The zero-order valence-electron chi connectivity index (χ0n) is 14.8. The number of rotatable bonds is 5. The van der Waals surface area contributed by atoms with E-state index in [2.05, 4.69) is 11.0 Å². The Labute approximate surface area is 167 Å². The number of hydrogen-bond donors (Lipinski definition) is 0. The Kier molecular flexibility index (Phi) is 5.57. The smallest absolute Gasteiger partial charge is 0.260 e. The summed E-state index contributed by atoms with van der Waals surface area (Å²) in [4.78, 5) is 21.3. The van der Waals surface area contributed by atoms with Gasteiger partial charge in [-0.2, -0.15) is 0 Å². The lowest BCUT2D eigenvalue weighted by atomic mass is 10.3. The summed E-state index contributed by atoms with van der Waals surface area (Å²) in [5.74, 6) is 0.625. The van der Waals surface area contributed by atoms with Crippen molar-refractivity contribution < 1.29 is 9.53 Å². The van der Waals surface area contributed by atoms with Crippen LogP contribution in [0.4, 0.5) is 0 Å². The summed E-state index contributed by atoms with van der Waals surface area (Å²) in [5.41, 5.74) is 1.06. The minimum absolute atomic E-state index is 0.00890. The maximum atomic E-state index is 12.4. The van der Waals surface area contributed by atoms with Gasteiger partial charge in [-0.25, -0.2) is 4.98 Å². The van der Waals surface area contributed by atoms with Crippen LogP contribution >= 0.6 is 22.9 Å². The lowest BCUT2D eigenvalue weighted by Crippen LogP contribution is -2.49. The fraction of sp³-hybridized carbons (Fsp3) is 0.300. The Hall–Kier alpha value is -2.15. The van der Waals surface area contributed by atoms with Gasteiger partial charge in [0.1, 0.15) is 10.8 Å². The maximum absolute atomic E-state index is 12.4. The van der Waals surface area contributed by atoms with Crippen molar-refractivity contribution in [2.45, 2.75) is 6.54 Å². The third kappa shape index (κ3) is 4.58. The zero-order chi connectivity index (χ0) is 18.6. The van der Waals surface area contributed by atoms with E-state index in [0.29, 0.717) is 23.9 Å². The number of hydrogen-bond acceptors (Lipinski definition) is 5. The van der Waals surface area contributed by atoms with Crippen molar-refractivity contribution in [2.24, 2.45) is 0 Å². The van der Waals surface area contributed by atoms with Gasteiger partial charge in [-0.15, -0.1) is 11.3 Å². The van der Waals surface area contributed by atoms with E-state index in [9.17, 15) is 4.79 Å². The van der Waals surface area contributed by atoms with Crippen LogP contribution in [-0.2, 0) is 11.3 Å². The molecule has 2 heterocycles. The van der Waals surface area contributed by atoms with E-state index in [4.69, 9.17) is 21.3 Å². The van der Waals surface area contributed by atoms with Gasteiger partial charge in [-0.05, 0) is 30.3 Å². The third-order valence-corrected chi connectivity index (χ3v) is 5.84. The van der Waals surface area contributed by atoms with Crippen molar-refractivity contribution in [2.75, 3.05) is 32.8 Å². The van der Waals surface area contributed by atoms with Gasteiger partial charge in [0, 0.05) is 31.2 Å². The number of aromatic nitrogens is 1. The molecule has 5 nitrogen and oxygen atoms in total. The highest BCUT2D eigenvalue weighted by Crippen LogP contribution is 2.23. The van der Waals surface area contributed by atoms with Crippen molar-refractivity contribution >= 4 is 39.1 Å². The second kappa shape index (κ2) is 8.25. The van der Waals surface area contributed by atoms with E-state index in [1.165, 1.54) is 4.70 Å². The number of carbonyl (C=O) groups is 1. The molecule has 1 amide bonds. The molecular formula is C20H20ClN3O2S. The van der Waals surface area contributed by atoms with Gasteiger partial charge in [0.25, 0.3) is 5.91 Å². The maximum Gasteiger partial charge on any atom is 0.260 e. The molecule has 0 aliphatic carbocycles. The molecule has 0 saturated carbocycles. The van der Waals surface area contributed by atoms with Crippen LogP contribution in [0.2, 0.25) is 5.02 Å². The Bertz CT molecular complexity index is 905. The first-order valence-electron chi connectivity index (χ1n) is 8.90. The van der Waals surface area contributed by atoms with Crippen LogP contribution in [0.3, 0.4) is 0 Å². The second-order valence-corrected chi connectivity index (χ2v) is 8.03. The molecule has 0 unspecified atom stereocenters. The largest absolute Gasteiger partial charge is 0.484 e. The Morgan fingerprint density at radius 3 is 2.70 bits per heavy atom. The highest BCUT2D eigenvalue weighted by Gasteiger charge is 2.22. The van der Waals surface area contributed by atoms with E-state index >= 15 is 0 Å². The molecule has 0 spiro atoms. The van der Waals surface area contributed by atoms with E-state index < -0.39 is 0 Å². The highest BCUT2D eigenvalue weighted by molar-refractivity contribution is 7.18. The fourth-order valence-electron chi connectivity index (χ4n) is 3.13. The number of thiazole rings is 1. The van der Waals surface area contributed by atoms with Crippen molar-refractivity contribution in [3.8, 4) is 5.75 Å². The predicted molar refractivity (Wildman–Crippen MR) is 108 cm³/mol. The van der Waals surface area contributed by atoms with Gasteiger partial charge in [0.05, 0.1) is 16.8 Å². The first-order valence-corrected chi connectivity index (χ1v) is 10.1. The molecule has 140 valence electrons. The summed E-state index contributed by atoms with van der Waals surface area (Å²) in [6, 6.07) is 15.3. The van der Waals surface area contributed by atoms with Crippen molar-refractivity contribution in [1.82, 2.24) is 14.8 Å². The fourth-order valence-corrected chi connectivity index (χ4v) is 4.32. The molecule has 1 fully saturated rings. The standard InChI is InChI=1S/C20H20ClN3O2S/c21-15-4-3-5-16(12-15)26-14-20(25)24-10-8-23(9-11-24)13-19-22-17-6-1-2-7-18(17)27-19/h1-7,12H,8-11,13-14H2. The summed E-state index contributed by atoms with van der Waals surface area (Å²) in [7, 11) is 0. The molecule has 1 saturated heterocycles. The normalized spacial score (nSPS) is 15.2. The van der Waals surface area contributed by atoms with Gasteiger partial charge in [-0.3, -0.25) is 9.69 Å². The Morgan fingerprint density at radius 2 is 1.93 bits per heavy atom. The van der Waals surface area contributed by atoms with Crippen molar-refractivity contribution in [3.63, 3.8) is 0 Å². The SMILES string of the molecule is O=C(COc1cccc(Cl)c1)N1CCN(Cc2nc3ccccc3s2)CC1. The summed E-state index contributed by atoms with van der Waals surface area (Å²) in [5, 5.41) is 1.73. The zero-order valence-corrected chi connectivity index (χ0v) is 16.4. The minimum Gasteiger partial charge on any atom is -0.484 e. The quantitative estimate of drug-likeness (QED) is 0.654. The molecule has 27 heavy (non-hydrogen) atoms. The highest BCUT2D eigenvalue weighted by atomic mass is 35.5. The predicted octanol–water partition coefficient (Wildman–Crippen LogP) is 3.67. The van der Waals surface area contributed by atoms with Gasteiger partial charge in [0.15, 0.2) is 6.61 Å². The molecule has 0 radical (unpaired) electrons. The van der Waals surface area contributed by atoms with Crippen LogP contribution < -0.4 is 4.74 Å². The van der Waals surface area contributed by atoms with Crippen LogP contribution in [-0.4, -0.2) is 53.5 Å². The molecular weight excluding hydrogens is 382 g/mol. The molecule has 0 bridgehead atoms. The summed E-state index contributed by atoms with van der Waals surface area (Å²) >= 11 is 7.67. The van der Waals surface area contributed by atoms with Crippen LogP contribution in [0.1, 0.15) is 5.01 Å². The number of carbonyl (C=O) groups excluding carboxylic acids is 1. The first kappa shape index (κ1) is 18.2.